The Balaban J connectivity index is 1.44. The molecule has 1 amide bonds. The summed E-state index contributed by atoms with van der Waals surface area (Å²) in [6, 6.07) is 9.68. The van der Waals surface area contributed by atoms with Crippen molar-refractivity contribution < 1.29 is 23.7 Å². The summed E-state index contributed by atoms with van der Waals surface area (Å²) in [7, 11) is 0. The van der Waals surface area contributed by atoms with E-state index in [1.54, 1.807) is 23.5 Å². The van der Waals surface area contributed by atoms with Gasteiger partial charge in [0, 0.05) is 31.5 Å². The van der Waals surface area contributed by atoms with E-state index >= 15 is 0 Å². The van der Waals surface area contributed by atoms with Crippen molar-refractivity contribution in [2.75, 3.05) is 32.9 Å². The van der Waals surface area contributed by atoms with Gasteiger partial charge < -0.3 is 23.8 Å². The van der Waals surface area contributed by atoms with Gasteiger partial charge in [-0.1, -0.05) is 23.5 Å². The number of rotatable bonds is 9. The summed E-state index contributed by atoms with van der Waals surface area (Å²) in [5, 5.41) is 0.698. The summed E-state index contributed by atoms with van der Waals surface area (Å²) >= 11 is 1.57. The van der Waals surface area contributed by atoms with E-state index in [1.807, 2.05) is 31.7 Å². The van der Waals surface area contributed by atoms with Gasteiger partial charge in [0.25, 0.3) is 11.1 Å². The lowest BCUT2D eigenvalue weighted by Crippen LogP contribution is -2.41. The van der Waals surface area contributed by atoms with Crippen LogP contribution in [-0.2, 0) is 0 Å². The number of amides is 1. The Morgan fingerprint density at radius 1 is 1.03 bits per heavy atom. The summed E-state index contributed by atoms with van der Waals surface area (Å²) in [5.74, 6) is 1.56. The number of benzene rings is 2. The highest BCUT2D eigenvalue weighted by Gasteiger charge is 2.27. The van der Waals surface area contributed by atoms with Crippen LogP contribution < -0.4 is 18.9 Å². The molecule has 1 aromatic heterocycles. The molecule has 1 aliphatic heterocycles. The Morgan fingerprint density at radius 3 is 2.26 bits per heavy atom. The predicted molar refractivity (Wildman–Crippen MR) is 134 cm³/mol. The number of aryl methyl sites for hydroxylation is 1. The first-order chi connectivity index (χ1) is 16.5. The minimum absolute atomic E-state index is 0.0426. The first-order valence-electron chi connectivity index (χ1n) is 11.9. The number of thiazole rings is 1. The zero-order valence-corrected chi connectivity index (χ0v) is 21.1. The maximum Gasteiger partial charge on any atom is 0.274 e. The molecule has 0 spiro atoms. The van der Waals surface area contributed by atoms with Crippen LogP contribution in [0.15, 0.2) is 30.3 Å². The van der Waals surface area contributed by atoms with E-state index < -0.39 is 0 Å². The average molecular weight is 485 g/mol. The van der Waals surface area contributed by atoms with E-state index in [1.165, 1.54) is 0 Å². The van der Waals surface area contributed by atoms with Crippen molar-refractivity contribution in [3.63, 3.8) is 0 Å². The Hall–Kier alpha value is -3.00. The Bertz CT molecular complexity index is 1110. The van der Waals surface area contributed by atoms with Crippen LogP contribution in [0.3, 0.4) is 0 Å². The molecule has 1 aliphatic rings. The number of hydrogen-bond acceptors (Lipinski definition) is 7. The number of likely N-dealkylation sites (tertiary alicyclic amines) is 1. The molecule has 0 radical (unpaired) electrons. The number of carbonyl (C=O) groups is 1. The van der Waals surface area contributed by atoms with E-state index in [-0.39, 0.29) is 12.0 Å². The Kier molecular flexibility index (Phi) is 7.77. The second-order valence-corrected chi connectivity index (χ2v) is 9.10. The lowest BCUT2D eigenvalue weighted by atomic mass is 10.1. The second-order valence-electron chi connectivity index (χ2n) is 8.11. The number of para-hydroxylation sites is 1. The van der Waals surface area contributed by atoms with Crippen molar-refractivity contribution >= 4 is 27.5 Å². The molecule has 8 heteroatoms. The van der Waals surface area contributed by atoms with Crippen molar-refractivity contribution in [1.29, 1.82) is 0 Å². The Labute approximate surface area is 204 Å². The van der Waals surface area contributed by atoms with Gasteiger partial charge in [-0.3, -0.25) is 4.79 Å². The molecule has 0 atom stereocenters. The number of aromatic nitrogens is 1. The van der Waals surface area contributed by atoms with E-state index in [9.17, 15) is 4.79 Å². The molecule has 0 aliphatic carbocycles. The van der Waals surface area contributed by atoms with Crippen molar-refractivity contribution in [2.24, 2.45) is 0 Å². The number of carbonyl (C=O) groups excluding carboxylic acids is 1. The van der Waals surface area contributed by atoms with Crippen LogP contribution in [0, 0.1) is 6.92 Å². The molecular formula is C26H32N2O5S. The third-order valence-electron chi connectivity index (χ3n) is 5.75. The maximum atomic E-state index is 13.3. The van der Waals surface area contributed by atoms with Gasteiger partial charge >= 0.3 is 0 Å². The number of nitrogens with zero attached hydrogens (tertiary/aromatic N) is 2. The summed E-state index contributed by atoms with van der Waals surface area (Å²) in [6.07, 6.45) is 1.56. The number of piperidine rings is 1. The fourth-order valence-corrected chi connectivity index (χ4v) is 5.09. The molecule has 3 aromatic rings. The molecule has 7 nitrogen and oxygen atoms in total. The molecular weight excluding hydrogens is 452 g/mol. The first kappa shape index (κ1) is 24.1. The van der Waals surface area contributed by atoms with Crippen LogP contribution in [0.2, 0.25) is 0 Å². The van der Waals surface area contributed by atoms with Crippen molar-refractivity contribution in [3.05, 3.63) is 41.5 Å². The highest BCUT2D eigenvalue weighted by Crippen LogP contribution is 2.39. The van der Waals surface area contributed by atoms with E-state index in [0.29, 0.717) is 60.9 Å². The molecule has 4 rings (SSSR count). The van der Waals surface area contributed by atoms with Gasteiger partial charge in [-0.2, -0.15) is 0 Å². The summed E-state index contributed by atoms with van der Waals surface area (Å²) in [4.78, 5) is 19.9. The molecule has 34 heavy (non-hydrogen) atoms. The molecule has 2 aromatic carbocycles. The molecule has 0 bridgehead atoms. The third kappa shape index (κ3) is 5.22. The zero-order valence-electron chi connectivity index (χ0n) is 20.3. The quantitative estimate of drug-likeness (QED) is 0.400. The van der Waals surface area contributed by atoms with E-state index in [4.69, 9.17) is 18.9 Å². The van der Waals surface area contributed by atoms with Crippen LogP contribution >= 0.6 is 11.3 Å². The highest BCUT2D eigenvalue weighted by atomic mass is 32.1. The molecule has 1 fully saturated rings. The van der Waals surface area contributed by atoms with E-state index in [2.05, 4.69) is 24.0 Å². The summed E-state index contributed by atoms with van der Waals surface area (Å²) < 4.78 is 24.6. The molecule has 0 N–H and O–H groups in total. The predicted octanol–water partition coefficient (Wildman–Crippen LogP) is 5.48. The van der Waals surface area contributed by atoms with Gasteiger partial charge in [-0.25, -0.2) is 4.98 Å². The van der Waals surface area contributed by atoms with Gasteiger partial charge in [-0.05, 0) is 51.5 Å². The van der Waals surface area contributed by atoms with Crippen molar-refractivity contribution in [2.45, 2.75) is 46.6 Å². The van der Waals surface area contributed by atoms with Crippen LogP contribution in [-0.4, -0.2) is 54.8 Å². The standard InChI is InChI=1S/C26H32N2O5S/c1-5-30-20-15-18(16-21(31-6-2)24(20)32-7-3)25(29)28-13-11-19(12-14-28)33-26-27-23-17(4)9-8-10-22(23)34-26/h8-10,15-16,19H,5-7,11-14H2,1-4H3. The monoisotopic (exact) mass is 484 g/mol. The molecule has 0 saturated carbocycles. The smallest absolute Gasteiger partial charge is 0.274 e. The lowest BCUT2D eigenvalue weighted by molar-refractivity contribution is 0.0594. The number of hydrogen-bond donors (Lipinski definition) is 0. The normalized spacial score (nSPS) is 14.3. The van der Waals surface area contributed by atoms with Crippen LogP contribution in [0.5, 0.6) is 22.4 Å². The maximum absolute atomic E-state index is 13.3. The Morgan fingerprint density at radius 2 is 1.68 bits per heavy atom. The van der Waals surface area contributed by atoms with Crippen LogP contribution in [0.1, 0.15) is 49.5 Å². The topological polar surface area (TPSA) is 70.1 Å². The first-order valence-corrected chi connectivity index (χ1v) is 12.7. The van der Waals surface area contributed by atoms with Crippen LogP contribution in [0.4, 0.5) is 0 Å². The lowest BCUT2D eigenvalue weighted by Gasteiger charge is -2.32. The second kappa shape index (κ2) is 11.0. The molecule has 1 saturated heterocycles. The van der Waals surface area contributed by atoms with Gasteiger partial charge in [0.15, 0.2) is 11.5 Å². The molecule has 0 unspecified atom stereocenters. The molecule has 182 valence electrons. The van der Waals surface area contributed by atoms with Crippen LogP contribution in [0.25, 0.3) is 10.2 Å². The fraction of sp³-hybridized carbons (Fsp3) is 0.462. The van der Waals surface area contributed by atoms with Gasteiger partial charge in [0.05, 0.1) is 30.0 Å². The third-order valence-corrected chi connectivity index (χ3v) is 6.67. The van der Waals surface area contributed by atoms with E-state index in [0.717, 1.165) is 28.6 Å². The minimum Gasteiger partial charge on any atom is -0.490 e. The largest absolute Gasteiger partial charge is 0.490 e. The van der Waals surface area contributed by atoms with Crippen molar-refractivity contribution in [3.8, 4) is 22.4 Å². The average Bonchev–Trinajstić information content (AvgIpc) is 3.25. The SMILES string of the molecule is CCOc1cc(C(=O)N2CCC(Oc3nc4c(C)cccc4s3)CC2)cc(OCC)c1OCC. The van der Waals surface area contributed by atoms with Gasteiger partial charge in [0.1, 0.15) is 6.10 Å². The summed E-state index contributed by atoms with van der Waals surface area (Å²) in [5.41, 5.74) is 2.69. The van der Waals surface area contributed by atoms with Gasteiger partial charge in [-0.15, -0.1) is 0 Å². The minimum atomic E-state index is -0.0426. The van der Waals surface area contributed by atoms with Gasteiger partial charge in [0.2, 0.25) is 5.75 Å². The number of fused-ring (bicyclic) bond motifs is 1. The molecule has 2 heterocycles. The fourth-order valence-electron chi connectivity index (χ4n) is 4.13. The summed E-state index contributed by atoms with van der Waals surface area (Å²) in [6.45, 7) is 10.4. The van der Waals surface area contributed by atoms with Crippen molar-refractivity contribution in [1.82, 2.24) is 9.88 Å². The number of ether oxygens (including phenoxy) is 4. The highest BCUT2D eigenvalue weighted by molar-refractivity contribution is 7.20. The zero-order chi connectivity index (χ0) is 24.1.